The van der Waals surface area contributed by atoms with E-state index in [1.54, 1.807) is 30.0 Å². The van der Waals surface area contributed by atoms with Crippen molar-refractivity contribution in [2.45, 2.75) is 19.8 Å². The third kappa shape index (κ3) is 3.64. The number of aryl methyl sites for hydroxylation is 1. The number of pyridine rings is 2. The molecular formula is C18H18ClN3O3. The second-order valence-corrected chi connectivity index (χ2v) is 6.24. The maximum Gasteiger partial charge on any atom is 0.339 e. The molecule has 0 saturated carbocycles. The Hall–Kier alpha value is -2.47. The summed E-state index contributed by atoms with van der Waals surface area (Å²) in [4.78, 5) is 34.9. The molecule has 25 heavy (non-hydrogen) atoms. The van der Waals surface area contributed by atoms with Gasteiger partial charge in [0.05, 0.1) is 18.4 Å². The van der Waals surface area contributed by atoms with Gasteiger partial charge in [0.1, 0.15) is 10.8 Å². The van der Waals surface area contributed by atoms with E-state index in [1.807, 2.05) is 6.07 Å². The number of carbonyl (C=O) groups is 2. The van der Waals surface area contributed by atoms with E-state index in [0.717, 1.165) is 11.3 Å². The summed E-state index contributed by atoms with van der Waals surface area (Å²) >= 11 is 5.88. The molecule has 6 nitrogen and oxygen atoms in total. The van der Waals surface area contributed by atoms with Crippen LogP contribution in [0, 0.1) is 6.92 Å². The molecule has 7 heteroatoms. The molecule has 0 unspecified atom stereocenters. The molecular weight excluding hydrogens is 342 g/mol. The number of hydrogen-bond donors (Lipinski definition) is 0. The SMILES string of the molecule is COC(=O)c1cc2c(nc1C)CCN(C(=O)c1cccc(Cl)n1)CC2. The van der Waals surface area contributed by atoms with Crippen LogP contribution in [0.25, 0.3) is 0 Å². The van der Waals surface area contributed by atoms with Crippen LogP contribution in [0.3, 0.4) is 0 Å². The first kappa shape index (κ1) is 17.4. The molecule has 0 atom stereocenters. The Kier molecular flexibility index (Phi) is 4.99. The van der Waals surface area contributed by atoms with Gasteiger partial charge in [-0.15, -0.1) is 0 Å². The van der Waals surface area contributed by atoms with Gasteiger partial charge in [-0.1, -0.05) is 17.7 Å². The second-order valence-electron chi connectivity index (χ2n) is 5.86. The number of nitrogens with zero attached hydrogens (tertiary/aromatic N) is 3. The Balaban J connectivity index is 1.82. The Morgan fingerprint density at radius 2 is 1.96 bits per heavy atom. The van der Waals surface area contributed by atoms with Crippen LogP contribution < -0.4 is 0 Å². The van der Waals surface area contributed by atoms with E-state index in [-0.39, 0.29) is 5.91 Å². The molecule has 1 aliphatic rings. The zero-order valence-corrected chi connectivity index (χ0v) is 14.8. The minimum absolute atomic E-state index is 0.153. The molecule has 0 aromatic carbocycles. The van der Waals surface area contributed by atoms with Gasteiger partial charge in [0.25, 0.3) is 5.91 Å². The predicted molar refractivity (Wildman–Crippen MR) is 92.9 cm³/mol. The minimum Gasteiger partial charge on any atom is -0.465 e. The van der Waals surface area contributed by atoms with Gasteiger partial charge in [-0.25, -0.2) is 9.78 Å². The molecule has 0 N–H and O–H groups in total. The average molecular weight is 360 g/mol. The van der Waals surface area contributed by atoms with Crippen LogP contribution in [0.5, 0.6) is 0 Å². The number of fused-ring (bicyclic) bond motifs is 1. The number of amides is 1. The predicted octanol–water partition coefficient (Wildman–Crippen LogP) is 2.47. The Morgan fingerprint density at radius 1 is 1.20 bits per heavy atom. The first-order valence-electron chi connectivity index (χ1n) is 7.99. The van der Waals surface area contributed by atoms with E-state index in [0.29, 0.717) is 48.0 Å². The van der Waals surface area contributed by atoms with Crippen molar-refractivity contribution in [2.24, 2.45) is 0 Å². The summed E-state index contributed by atoms with van der Waals surface area (Å²) in [5, 5.41) is 0.295. The summed E-state index contributed by atoms with van der Waals surface area (Å²) in [7, 11) is 1.35. The molecule has 0 aliphatic carbocycles. The van der Waals surface area contributed by atoms with Crippen molar-refractivity contribution in [1.29, 1.82) is 0 Å². The fraction of sp³-hybridized carbons (Fsp3) is 0.333. The molecule has 2 aromatic rings. The molecule has 3 heterocycles. The van der Waals surface area contributed by atoms with Crippen molar-refractivity contribution in [2.75, 3.05) is 20.2 Å². The lowest BCUT2D eigenvalue weighted by molar-refractivity contribution is 0.0598. The van der Waals surface area contributed by atoms with Gasteiger partial charge in [0.15, 0.2) is 0 Å². The van der Waals surface area contributed by atoms with Gasteiger partial charge < -0.3 is 9.64 Å². The molecule has 0 radical (unpaired) electrons. The fourth-order valence-electron chi connectivity index (χ4n) is 2.95. The number of halogens is 1. The molecule has 0 spiro atoms. The van der Waals surface area contributed by atoms with Crippen LogP contribution >= 0.6 is 11.6 Å². The highest BCUT2D eigenvalue weighted by Gasteiger charge is 2.23. The Morgan fingerprint density at radius 3 is 2.68 bits per heavy atom. The summed E-state index contributed by atoms with van der Waals surface area (Å²) < 4.78 is 4.80. The normalized spacial score (nSPS) is 13.8. The van der Waals surface area contributed by atoms with E-state index in [9.17, 15) is 9.59 Å². The maximum absolute atomic E-state index is 12.7. The number of ether oxygens (including phenoxy) is 1. The van der Waals surface area contributed by atoms with E-state index in [2.05, 4.69) is 9.97 Å². The Labute approximate surface area is 150 Å². The van der Waals surface area contributed by atoms with Crippen LogP contribution in [0.2, 0.25) is 5.15 Å². The topological polar surface area (TPSA) is 72.4 Å². The third-order valence-corrected chi connectivity index (χ3v) is 4.49. The molecule has 0 saturated heterocycles. The zero-order valence-electron chi connectivity index (χ0n) is 14.1. The van der Waals surface area contributed by atoms with Gasteiger partial charge in [0, 0.05) is 25.2 Å². The summed E-state index contributed by atoms with van der Waals surface area (Å²) in [5.41, 5.74) is 3.33. The van der Waals surface area contributed by atoms with Crippen molar-refractivity contribution in [3.8, 4) is 0 Å². The van der Waals surface area contributed by atoms with E-state index < -0.39 is 5.97 Å². The maximum atomic E-state index is 12.7. The van der Waals surface area contributed by atoms with Crippen molar-refractivity contribution in [3.63, 3.8) is 0 Å². The summed E-state index contributed by atoms with van der Waals surface area (Å²) in [6.45, 7) is 2.87. The lowest BCUT2D eigenvalue weighted by Gasteiger charge is -2.19. The standard InChI is InChI=1S/C18H18ClN3O3/c1-11-13(18(24)25-2)10-12-6-8-22(9-7-14(12)20-11)17(23)15-4-3-5-16(19)21-15/h3-5,10H,6-9H2,1-2H3. The number of methoxy groups -OCH3 is 1. The highest BCUT2D eigenvalue weighted by atomic mass is 35.5. The number of hydrogen-bond acceptors (Lipinski definition) is 5. The van der Waals surface area contributed by atoms with E-state index in [1.165, 1.54) is 7.11 Å². The van der Waals surface area contributed by atoms with Gasteiger partial charge in [-0.2, -0.15) is 0 Å². The van der Waals surface area contributed by atoms with Gasteiger partial charge in [-0.3, -0.25) is 9.78 Å². The fourth-order valence-corrected chi connectivity index (χ4v) is 3.11. The van der Waals surface area contributed by atoms with Crippen molar-refractivity contribution < 1.29 is 14.3 Å². The van der Waals surface area contributed by atoms with Crippen molar-refractivity contribution in [1.82, 2.24) is 14.9 Å². The van der Waals surface area contributed by atoms with E-state index in [4.69, 9.17) is 16.3 Å². The quantitative estimate of drug-likeness (QED) is 0.608. The molecule has 0 fully saturated rings. The third-order valence-electron chi connectivity index (χ3n) is 4.28. The number of carbonyl (C=O) groups excluding carboxylic acids is 2. The monoisotopic (exact) mass is 359 g/mol. The highest BCUT2D eigenvalue weighted by molar-refractivity contribution is 6.29. The lowest BCUT2D eigenvalue weighted by atomic mass is 10.0. The number of esters is 1. The smallest absolute Gasteiger partial charge is 0.339 e. The highest BCUT2D eigenvalue weighted by Crippen LogP contribution is 2.20. The summed E-state index contributed by atoms with van der Waals surface area (Å²) in [6, 6.07) is 6.83. The van der Waals surface area contributed by atoms with Crippen molar-refractivity contribution >= 4 is 23.5 Å². The zero-order chi connectivity index (χ0) is 18.0. The largest absolute Gasteiger partial charge is 0.465 e. The van der Waals surface area contributed by atoms with Crippen LogP contribution in [0.15, 0.2) is 24.3 Å². The lowest BCUT2D eigenvalue weighted by Crippen LogP contribution is -2.33. The number of rotatable bonds is 2. The van der Waals surface area contributed by atoms with Gasteiger partial charge in [0.2, 0.25) is 0 Å². The number of aromatic nitrogens is 2. The molecule has 3 rings (SSSR count). The van der Waals surface area contributed by atoms with E-state index >= 15 is 0 Å². The molecule has 1 amide bonds. The molecule has 2 aromatic heterocycles. The van der Waals surface area contributed by atoms with Crippen LogP contribution in [0.4, 0.5) is 0 Å². The van der Waals surface area contributed by atoms with Crippen LogP contribution in [0.1, 0.15) is 37.8 Å². The summed E-state index contributed by atoms with van der Waals surface area (Å²) in [6.07, 6.45) is 1.25. The van der Waals surface area contributed by atoms with Crippen LogP contribution in [-0.4, -0.2) is 46.9 Å². The van der Waals surface area contributed by atoms with Crippen molar-refractivity contribution in [3.05, 3.63) is 57.6 Å². The van der Waals surface area contributed by atoms with Gasteiger partial charge >= 0.3 is 5.97 Å². The minimum atomic E-state index is -0.395. The summed E-state index contributed by atoms with van der Waals surface area (Å²) in [5.74, 6) is -0.548. The second kappa shape index (κ2) is 7.19. The first-order chi connectivity index (χ1) is 12.0. The molecule has 130 valence electrons. The average Bonchev–Trinajstić information content (AvgIpc) is 2.82. The van der Waals surface area contributed by atoms with Crippen LogP contribution in [-0.2, 0) is 17.6 Å². The first-order valence-corrected chi connectivity index (χ1v) is 8.37. The Bertz CT molecular complexity index is 838. The van der Waals surface area contributed by atoms with Gasteiger partial charge in [-0.05, 0) is 37.1 Å². The molecule has 1 aliphatic heterocycles. The molecule has 0 bridgehead atoms.